The minimum Gasteiger partial charge on any atom is -0.355 e. The quantitative estimate of drug-likeness (QED) is 0.644. The number of amides is 2. The lowest BCUT2D eigenvalue weighted by atomic mass is 9.97. The zero-order valence-electron chi connectivity index (χ0n) is 16.4. The van der Waals surface area contributed by atoms with Gasteiger partial charge in [-0.2, -0.15) is 0 Å². The number of rotatable bonds is 6. The Morgan fingerprint density at radius 3 is 2.90 bits per heavy atom. The molecule has 2 amide bonds. The van der Waals surface area contributed by atoms with Gasteiger partial charge in [0.2, 0.25) is 11.8 Å². The summed E-state index contributed by atoms with van der Waals surface area (Å²) in [6, 6.07) is 11.9. The standard InChI is InChI=1S/C22H26BrN3O2S/c23-17-5-1-6-18(12-17)26-10-8-20(22(26)28)21(27)24-13-16-4-2-9-25(14-16)15-19-7-3-11-29-19/h1,3,5-7,11-12,16,20H,2,4,8-10,13-15H2,(H,24,27). The molecule has 2 unspecified atom stereocenters. The van der Waals surface area contributed by atoms with Crippen molar-refractivity contribution >= 4 is 44.8 Å². The molecular weight excluding hydrogens is 450 g/mol. The molecule has 0 bridgehead atoms. The van der Waals surface area contributed by atoms with Crippen LogP contribution < -0.4 is 10.2 Å². The van der Waals surface area contributed by atoms with Crippen molar-refractivity contribution < 1.29 is 9.59 Å². The van der Waals surface area contributed by atoms with E-state index in [-0.39, 0.29) is 11.8 Å². The number of hydrogen-bond acceptors (Lipinski definition) is 4. The van der Waals surface area contributed by atoms with E-state index in [1.54, 1.807) is 16.2 Å². The van der Waals surface area contributed by atoms with Crippen LogP contribution in [-0.2, 0) is 16.1 Å². The number of carbonyl (C=O) groups is 2. The Morgan fingerprint density at radius 1 is 1.21 bits per heavy atom. The van der Waals surface area contributed by atoms with E-state index >= 15 is 0 Å². The van der Waals surface area contributed by atoms with Gasteiger partial charge < -0.3 is 10.2 Å². The molecule has 154 valence electrons. The fourth-order valence-corrected chi connectivity index (χ4v) is 5.41. The molecule has 4 rings (SSSR count). The van der Waals surface area contributed by atoms with Crippen LogP contribution in [0.3, 0.4) is 0 Å². The van der Waals surface area contributed by atoms with Gasteiger partial charge in [-0.05, 0) is 61.4 Å². The van der Waals surface area contributed by atoms with Gasteiger partial charge in [-0.1, -0.05) is 28.1 Å². The molecule has 3 heterocycles. The van der Waals surface area contributed by atoms with Gasteiger partial charge in [0.1, 0.15) is 5.92 Å². The average molecular weight is 476 g/mol. The van der Waals surface area contributed by atoms with Gasteiger partial charge in [0.05, 0.1) is 0 Å². The normalized spacial score (nSPS) is 22.8. The van der Waals surface area contributed by atoms with Crippen LogP contribution in [0.5, 0.6) is 0 Å². The maximum Gasteiger partial charge on any atom is 0.239 e. The SMILES string of the molecule is O=C(NCC1CCCN(Cc2cccs2)C1)C1CCN(c2cccc(Br)c2)C1=O. The summed E-state index contributed by atoms with van der Waals surface area (Å²) in [4.78, 5) is 31.1. The molecule has 1 N–H and O–H groups in total. The maximum absolute atomic E-state index is 12.8. The second-order valence-corrected chi connectivity index (χ2v) is 9.83. The Hall–Kier alpha value is -1.70. The average Bonchev–Trinajstić information content (AvgIpc) is 3.36. The molecule has 5 nitrogen and oxygen atoms in total. The molecule has 2 fully saturated rings. The summed E-state index contributed by atoms with van der Waals surface area (Å²) in [7, 11) is 0. The second kappa shape index (κ2) is 9.41. The fraction of sp³-hybridized carbons (Fsp3) is 0.455. The van der Waals surface area contributed by atoms with Crippen molar-refractivity contribution in [2.75, 3.05) is 31.1 Å². The first-order valence-electron chi connectivity index (χ1n) is 10.2. The van der Waals surface area contributed by atoms with E-state index in [1.807, 2.05) is 24.3 Å². The molecule has 2 aliphatic rings. The van der Waals surface area contributed by atoms with Crippen LogP contribution in [0.2, 0.25) is 0 Å². The van der Waals surface area contributed by atoms with Crippen molar-refractivity contribution in [1.82, 2.24) is 10.2 Å². The Kier molecular flexibility index (Phi) is 6.67. The Labute approximate surface area is 184 Å². The summed E-state index contributed by atoms with van der Waals surface area (Å²) < 4.78 is 0.931. The predicted molar refractivity (Wildman–Crippen MR) is 120 cm³/mol. The molecule has 0 radical (unpaired) electrons. The number of piperidine rings is 1. The van der Waals surface area contributed by atoms with Crippen LogP contribution in [0.25, 0.3) is 0 Å². The highest BCUT2D eigenvalue weighted by atomic mass is 79.9. The van der Waals surface area contributed by atoms with Crippen LogP contribution >= 0.6 is 27.3 Å². The lowest BCUT2D eigenvalue weighted by Gasteiger charge is -2.32. The van der Waals surface area contributed by atoms with E-state index in [2.05, 4.69) is 43.7 Å². The number of likely N-dealkylation sites (tertiary alicyclic amines) is 1. The van der Waals surface area contributed by atoms with Crippen LogP contribution in [-0.4, -0.2) is 42.9 Å². The third-order valence-electron chi connectivity index (χ3n) is 5.77. The van der Waals surface area contributed by atoms with E-state index < -0.39 is 5.92 Å². The first-order valence-corrected chi connectivity index (χ1v) is 11.9. The first kappa shape index (κ1) is 20.6. The minimum absolute atomic E-state index is 0.0939. The molecule has 2 aliphatic heterocycles. The summed E-state index contributed by atoms with van der Waals surface area (Å²) in [5.74, 6) is -0.336. The predicted octanol–water partition coefficient (Wildman–Crippen LogP) is 3.89. The molecule has 2 aromatic rings. The molecule has 0 saturated carbocycles. The van der Waals surface area contributed by atoms with Crippen molar-refractivity contribution in [2.45, 2.75) is 25.8 Å². The summed E-state index contributed by atoms with van der Waals surface area (Å²) >= 11 is 5.24. The van der Waals surface area contributed by atoms with Crippen molar-refractivity contribution in [3.63, 3.8) is 0 Å². The van der Waals surface area contributed by atoms with Crippen molar-refractivity contribution in [3.8, 4) is 0 Å². The van der Waals surface area contributed by atoms with Crippen LogP contribution in [0.4, 0.5) is 5.69 Å². The summed E-state index contributed by atoms with van der Waals surface area (Å²) in [5, 5.41) is 5.19. The van der Waals surface area contributed by atoms with E-state index in [9.17, 15) is 9.59 Å². The number of anilines is 1. The molecular formula is C22H26BrN3O2S. The molecule has 0 aliphatic carbocycles. The number of hydrogen-bond donors (Lipinski definition) is 1. The number of thiophene rings is 1. The number of benzene rings is 1. The Balaban J connectivity index is 1.28. The van der Waals surface area contributed by atoms with E-state index in [1.165, 1.54) is 4.88 Å². The highest BCUT2D eigenvalue weighted by Crippen LogP contribution is 2.28. The fourth-order valence-electron chi connectivity index (χ4n) is 4.28. The topological polar surface area (TPSA) is 52.7 Å². The number of nitrogens with zero attached hydrogens (tertiary/aromatic N) is 2. The highest BCUT2D eigenvalue weighted by Gasteiger charge is 2.37. The van der Waals surface area contributed by atoms with E-state index in [0.29, 0.717) is 25.4 Å². The van der Waals surface area contributed by atoms with Gasteiger partial charge in [0.15, 0.2) is 0 Å². The summed E-state index contributed by atoms with van der Waals surface area (Å²) in [5.41, 5.74) is 0.844. The molecule has 2 saturated heterocycles. The third-order valence-corrected chi connectivity index (χ3v) is 7.12. The summed E-state index contributed by atoms with van der Waals surface area (Å²) in [6.07, 6.45) is 2.86. The first-order chi connectivity index (χ1) is 14.1. The summed E-state index contributed by atoms with van der Waals surface area (Å²) in [6.45, 7) is 4.35. The van der Waals surface area contributed by atoms with Gasteiger partial charge in [0.25, 0.3) is 0 Å². The van der Waals surface area contributed by atoms with E-state index in [4.69, 9.17) is 0 Å². The second-order valence-electron chi connectivity index (χ2n) is 7.88. The van der Waals surface area contributed by atoms with Gasteiger partial charge in [-0.25, -0.2) is 0 Å². The van der Waals surface area contributed by atoms with E-state index in [0.717, 1.165) is 42.6 Å². The minimum atomic E-state index is -0.570. The van der Waals surface area contributed by atoms with Crippen LogP contribution in [0, 0.1) is 11.8 Å². The molecule has 0 spiro atoms. The molecule has 7 heteroatoms. The van der Waals surface area contributed by atoms with Crippen LogP contribution in [0.1, 0.15) is 24.1 Å². The lowest BCUT2D eigenvalue weighted by molar-refractivity contribution is -0.132. The van der Waals surface area contributed by atoms with Gasteiger partial charge in [-0.15, -0.1) is 11.3 Å². The van der Waals surface area contributed by atoms with Crippen molar-refractivity contribution in [1.29, 1.82) is 0 Å². The molecule has 1 aromatic heterocycles. The molecule has 29 heavy (non-hydrogen) atoms. The largest absolute Gasteiger partial charge is 0.355 e. The highest BCUT2D eigenvalue weighted by molar-refractivity contribution is 9.10. The number of halogens is 1. The monoisotopic (exact) mass is 475 g/mol. The Morgan fingerprint density at radius 2 is 2.10 bits per heavy atom. The Bertz CT molecular complexity index is 858. The lowest BCUT2D eigenvalue weighted by Crippen LogP contribution is -2.43. The maximum atomic E-state index is 12.8. The van der Waals surface area contributed by atoms with Gasteiger partial charge >= 0.3 is 0 Å². The molecule has 1 aromatic carbocycles. The number of carbonyl (C=O) groups excluding carboxylic acids is 2. The molecule has 2 atom stereocenters. The zero-order valence-corrected chi connectivity index (χ0v) is 18.8. The van der Waals surface area contributed by atoms with Crippen molar-refractivity contribution in [3.05, 3.63) is 51.1 Å². The van der Waals surface area contributed by atoms with Crippen LogP contribution in [0.15, 0.2) is 46.3 Å². The van der Waals surface area contributed by atoms with Crippen molar-refractivity contribution in [2.24, 2.45) is 11.8 Å². The van der Waals surface area contributed by atoms with Gasteiger partial charge in [-0.3, -0.25) is 14.5 Å². The smallest absolute Gasteiger partial charge is 0.239 e. The zero-order chi connectivity index (χ0) is 20.2. The third kappa shape index (κ3) is 5.08. The number of nitrogens with one attached hydrogen (secondary N) is 1. The van der Waals surface area contributed by atoms with Gasteiger partial charge in [0, 0.05) is 41.2 Å².